The molecule has 0 bridgehead atoms. The zero-order valence-electron chi connectivity index (χ0n) is 7.61. The quantitative estimate of drug-likeness (QED) is 0.739. The Kier molecular flexibility index (Phi) is 3.59. The summed E-state index contributed by atoms with van der Waals surface area (Å²) in [5, 5.41) is 0. The van der Waals surface area contributed by atoms with E-state index >= 15 is 0 Å². The van der Waals surface area contributed by atoms with Crippen LogP contribution in [0.3, 0.4) is 0 Å². The molecule has 0 saturated carbocycles. The van der Waals surface area contributed by atoms with Gasteiger partial charge >= 0.3 is 6.18 Å². The molecule has 4 heteroatoms. The monoisotopic (exact) mass is 266 g/mol. The summed E-state index contributed by atoms with van der Waals surface area (Å²) < 4.78 is 38.3. The molecule has 0 aliphatic carbocycles. The van der Waals surface area contributed by atoms with Crippen LogP contribution in [0.25, 0.3) is 0 Å². The summed E-state index contributed by atoms with van der Waals surface area (Å²) in [4.78, 5) is 0. The van der Waals surface area contributed by atoms with Crippen LogP contribution in [0.1, 0.15) is 24.8 Å². The average molecular weight is 267 g/mol. The lowest BCUT2D eigenvalue weighted by Crippen LogP contribution is -2.19. The van der Waals surface area contributed by atoms with Gasteiger partial charge in [-0.1, -0.05) is 35.0 Å². The summed E-state index contributed by atoms with van der Waals surface area (Å²) in [6, 6.07) is 6.27. The summed E-state index contributed by atoms with van der Waals surface area (Å²) in [6.07, 6.45) is -4.08. The van der Waals surface area contributed by atoms with E-state index in [1.807, 2.05) is 0 Å². The van der Waals surface area contributed by atoms with Gasteiger partial charge in [-0.05, 0) is 24.1 Å². The predicted octanol–water partition coefficient (Wildman–Crippen LogP) is 4.51. The fraction of sp³-hybridized carbons (Fsp3) is 0.400. The molecule has 1 aromatic rings. The molecule has 1 atom stereocenters. The van der Waals surface area contributed by atoms with Crippen LogP contribution in [0, 0.1) is 0 Å². The predicted molar refractivity (Wildman–Crippen MR) is 53.2 cm³/mol. The highest BCUT2D eigenvalue weighted by atomic mass is 79.9. The van der Waals surface area contributed by atoms with E-state index in [0.717, 1.165) is 4.47 Å². The van der Waals surface area contributed by atoms with Gasteiger partial charge in [-0.3, -0.25) is 0 Å². The van der Waals surface area contributed by atoms with Crippen LogP contribution in [0.4, 0.5) is 13.2 Å². The molecule has 0 radical (unpaired) electrons. The van der Waals surface area contributed by atoms with Gasteiger partial charge in [0, 0.05) is 4.47 Å². The molecule has 14 heavy (non-hydrogen) atoms. The van der Waals surface area contributed by atoms with Crippen molar-refractivity contribution in [3.8, 4) is 0 Å². The number of halogens is 4. The number of alkyl halides is 3. The minimum absolute atomic E-state index is 0.0745. The number of rotatable bonds is 2. The fourth-order valence-electron chi connectivity index (χ4n) is 1.35. The van der Waals surface area contributed by atoms with Gasteiger partial charge in [0.15, 0.2) is 0 Å². The van der Waals surface area contributed by atoms with Gasteiger partial charge in [0.05, 0.1) is 5.92 Å². The Morgan fingerprint density at radius 1 is 1.21 bits per heavy atom. The smallest absolute Gasteiger partial charge is 0.170 e. The van der Waals surface area contributed by atoms with Crippen molar-refractivity contribution < 1.29 is 13.2 Å². The molecule has 0 aliphatic rings. The second kappa shape index (κ2) is 4.34. The first kappa shape index (κ1) is 11.6. The summed E-state index contributed by atoms with van der Waals surface area (Å²) >= 11 is 3.19. The first-order valence-corrected chi connectivity index (χ1v) is 5.06. The number of hydrogen-bond acceptors (Lipinski definition) is 0. The molecule has 1 aromatic carbocycles. The molecule has 0 N–H and O–H groups in total. The van der Waals surface area contributed by atoms with Gasteiger partial charge in [-0.25, -0.2) is 0 Å². The number of benzene rings is 1. The maximum Gasteiger partial charge on any atom is 0.395 e. The Balaban J connectivity index is 2.96. The molecule has 0 aromatic heterocycles. The van der Waals surface area contributed by atoms with Gasteiger partial charge < -0.3 is 0 Å². The largest absolute Gasteiger partial charge is 0.395 e. The molecule has 1 unspecified atom stereocenters. The van der Waals surface area contributed by atoms with E-state index < -0.39 is 12.1 Å². The highest BCUT2D eigenvalue weighted by Crippen LogP contribution is 2.37. The first-order valence-electron chi connectivity index (χ1n) is 4.27. The van der Waals surface area contributed by atoms with Crippen molar-refractivity contribution >= 4 is 15.9 Å². The normalized spacial score (nSPS) is 14.1. The Labute approximate surface area is 89.3 Å². The van der Waals surface area contributed by atoms with Gasteiger partial charge in [-0.2, -0.15) is 13.2 Å². The van der Waals surface area contributed by atoms with E-state index in [0.29, 0.717) is 5.56 Å². The van der Waals surface area contributed by atoms with Crippen LogP contribution in [0.5, 0.6) is 0 Å². The van der Waals surface area contributed by atoms with E-state index in [-0.39, 0.29) is 6.42 Å². The van der Waals surface area contributed by atoms with Gasteiger partial charge in [0.1, 0.15) is 0 Å². The molecule has 78 valence electrons. The Bertz CT molecular complexity index is 289. The third-order valence-electron chi connectivity index (χ3n) is 2.08. The van der Waals surface area contributed by atoms with Gasteiger partial charge in [0.25, 0.3) is 0 Å². The summed E-state index contributed by atoms with van der Waals surface area (Å²) in [7, 11) is 0. The highest BCUT2D eigenvalue weighted by Gasteiger charge is 2.38. The van der Waals surface area contributed by atoms with E-state index in [2.05, 4.69) is 15.9 Å². The molecule has 1 rings (SSSR count). The van der Waals surface area contributed by atoms with Crippen molar-refractivity contribution in [3.63, 3.8) is 0 Å². The molecule has 0 saturated heterocycles. The molecule has 0 spiro atoms. The second-order valence-corrected chi connectivity index (χ2v) is 3.97. The van der Waals surface area contributed by atoms with Crippen LogP contribution in [0.15, 0.2) is 28.7 Å². The minimum atomic E-state index is -4.15. The van der Waals surface area contributed by atoms with E-state index in [1.54, 1.807) is 19.1 Å². The zero-order valence-corrected chi connectivity index (χ0v) is 9.19. The molecule has 0 fully saturated rings. The third kappa shape index (κ3) is 2.74. The van der Waals surface area contributed by atoms with Gasteiger partial charge in [-0.15, -0.1) is 0 Å². The standard InChI is InChI=1S/C10H10BrF3/c1-2-9(10(12,13)14)7-3-5-8(11)6-4-7/h3-6,9H,2H2,1H3. The lowest BCUT2D eigenvalue weighted by atomic mass is 9.96. The topological polar surface area (TPSA) is 0 Å². The van der Waals surface area contributed by atoms with Crippen molar-refractivity contribution in [1.29, 1.82) is 0 Å². The molecular weight excluding hydrogens is 257 g/mol. The Morgan fingerprint density at radius 2 is 1.71 bits per heavy atom. The molecular formula is C10H10BrF3. The van der Waals surface area contributed by atoms with Crippen LogP contribution in [0.2, 0.25) is 0 Å². The molecule has 0 nitrogen and oxygen atoms in total. The SMILES string of the molecule is CCC(c1ccc(Br)cc1)C(F)(F)F. The van der Waals surface area contributed by atoms with Crippen molar-refractivity contribution in [2.24, 2.45) is 0 Å². The van der Waals surface area contributed by atoms with Gasteiger partial charge in [0.2, 0.25) is 0 Å². The summed E-state index contributed by atoms with van der Waals surface area (Å²) in [6.45, 7) is 1.54. The third-order valence-corrected chi connectivity index (χ3v) is 2.60. The van der Waals surface area contributed by atoms with E-state index in [4.69, 9.17) is 0 Å². The molecule has 0 heterocycles. The van der Waals surface area contributed by atoms with Crippen molar-refractivity contribution in [2.45, 2.75) is 25.4 Å². The second-order valence-electron chi connectivity index (χ2n) is 3.05. The van der Waals surface area contributed by atoms with Crippen LogP contribution < -0.4 is 0 Å². The Morgan fingerprint density at radius 3 is 2.07 bits per heavy atom. The maximum atomic E-state index is 12.5. The lowest BCUT2D eigenvalue weighted by molar-refractivity contribution is -0.151. The Hall–Kier alpha value is -0.510. The molecule has 0 amide bonds. The van der Waals surface area contributed by atoms with Crippen LogP contribution >= 0.6 is 15.9 Å². The number of hydrogen-bond donors (Lipinski definition) is 0. The van der Waals surface area contributed by atoms with Crippen molar-refractivity contribution in [1.82, 2.24) is 0 Å². The summed E-state index contributed by atoms with van der Waals surface area (Å²) in [5.74, 6) is -1.35. The zero-order chi connectivity index (χ0) is 10.8. The van der Waals surface area contributed by atoms with Crippen LogP contribution in [-0.2, 0) is 0 Å². The first-order chi connectivity index (χ1) is 6.45. The van der Waals surface area contributed by atoms with E-state index in [9.17, 15) is 13.2 Å². The fourth-order valence-corrected chi connectivity index (χ4v) is 1.62. The minimum Gasteiger partial charge on any atom is -0.170 e. The lowest BCUT2D eigenvalue weighted by Gasteiger charge is -2.18. The maximum absolute atomic E-state index is 12.5. The van der Waals surface area contributed by atoms with Crippen LogP contribution in [-0.4, -0.2) is 6.18 Å². The summed E-state index contributed by atoms with van der Waals surface area (Å²) in [5.41, 5.74) is 0.322. The van der Waals surface area contributed by atoms with Crippen molar-refractivity contribution in [2.75, 3.05) is 0 Å². The van der Waals surface area contributed by atoms with E-state index in [1.165, 1.54) is 12.1 Å². The van der Waals surface area contributed by atoms with Crippen molar-refractivity contribution in [3.05, 3.63) is 34.3 Å². The highest BCUT2D eigenvalue weighted by molar-refractivity contribution is 9.10. The molecule has 0 aliphatic heterocycles. The average Bonchev–Trinajstić information content (AvgIpc) is 2.07.